The van der Waals surface area contributed by atoms with Crippen LogP contribution in [0.3, 0.4) is 0 Å². The van der Waals surface area contributed by atoms with E-state index >= 15 is 0 Å². The zero-order valence-electron chi connectivity index (χ0n) is 7.49. The van der Waals surface area contributed by atoms with E-state index in [9.17, 15) is 9.59 Å². The van der Waals surface area contributed by atoms with Gasteiger partial charge in [0.2, 0.25) is 5.91 Å². The number of aryl methyl sites for hydroxylation is 2. The number of nitrogens with zero attached hydrogens (tertiary/aromatic N) is 1. The Morgan fingerprint density at radius 1 is 1.62 bits per heavy atom. The fourth-order valence-corrected chi connectivity index (χ4v) is 1.03. The van der Waals surface area contributed by atoms with Crippen LogP contribution in [0.5, 0.6) is 0 Å². The van der Waals surface area contributed by atoms with Crippen LogP contribution < -0.4 is 11.2 Å². The lowest BCUT2D eigenvalue weighted by Gasteiger charge is -2.04. The van der Waals surface area contributed by atoms with Gasteiger partial charge in [0.15, 0.2) is 5.43 Å². The molecular weight excluding hydrogens is 168 g/mol. The van der Waals surface area contributed by atoms with Crippen molar-refractivity contribution in [3.63, 3.8) is 0 Å². The van der Waals surface area contributed by atoms with E-state index in [0.717, 1.165) is 0 Å². The van der Waals surface area contributed by atoms with Crippen LogP contribution in [0, 0.1) is 6.92 Å². The van der Waals surface area contributed by atoms with Crippen LogP contribution in [0.25, 0.3) is 0 Å². The first-order valence-corrected chi connectivity index (χ1v) is 4.04. The number of pyridine rings is 1. The van der Waals surface area contributed by atoms with Crippen molar-refractivity contribution in [3.05, 3.63) is 34.2 Å². The monoisotopic (exact) mass is 180 g/mol. The van der Waals surface area contributed by atoms with Crippen LogP contribution in [-0.4, -0.2) is 10.5 Å². The second-order valence-corrected chi connectivity index (χ2v) is 2.95. The Hall–Kier alpha value is -1.58. The summed E-state index contributed by atoms with van der Waals surface area (Å²) in [7, 11) is 0. The number of carbonyl (C=O) groups excluding carboxylic acids is 1. The first-order valence-electron chi connectivity index (χ1n) is 4.04. The second-order valence-electron chi connectivity index (χ2n) is 2.95. The van der Waals surface area contributed by atoms with Gasteiger partial charge in [0.1, 0.15) is 0 Å². The van der Waals surface area contributed by atoms with Gasteiger partial charge in [0, 0.05) is 37.0 Å². The van der Waals surface area contributed by atoms with Gasteiger partial charge < -0.3 is 10.3 Å². The lowest BCUT2D eigenvalue weighted by atomic mass is 10.3. The summed E-state index contributed by atoms with van der Waals surface area (Å²) in [5, 5.41) is 0. The molecule has 1 amide bonds. The van der Waals surface area contributed by atoms with Crippen LogP contribution in [0.1, 0.15) is 12.0 Å². The minimum atomic E-state index is -0.337. The fourth-order valence-electron chi connectivity index (χ4n) is 1.03. The standard InChI is InChI=1S/C9H12N2O2/c1-7-6-11(4-2-8(7)12)5-3-9(10)13/h2,4,6H,3,5H2,1H3,(H2,10,13). The molecule has 0 atom stereocenters. The molecule has 1 aromatic heterocycles. The highest BCUT2D eigenvalue weighted by Gasteiger charge is 1.96. The first-order chi connectivity index (χ1) is 6.09. The average molecular weight is 180 g/mol. The summed E-state index contributed by atoms with van der Waals surface area (Å²) in [5.41, 5.74) is 5.68. The van der Waals surface area contributed by atoms with Crippen molar-refractivity contribution in [3.8, 4) is 0 Å². The second kappa shape index (κ2) is 3.89. The molecule has 1 aromatic rings. The quantitative estimate of drug-likeness (QED) is 0.713. The number of hydrogen-bond acceptors (Lipinski definition) is 2. The van der Waals surface area contributed by atoms with E-state index in [1.165, 1.54) is 6.07 Å². The van der Waals surface area contributed by atoms with Crippen LogP contribution in [0.15, 0.2) is 23.3 Å². The van der Waals surface area contributed by atoms with Crippen LogP contribution in [-0.2, 0) is 11.3 Å². The third kappa shape index (κ3) is 2.74. The summed E-state index contributed by atoms with van der Waals surface area (Å²) in [4.78, 5) is 21.5. The smallest absolute Gasteiger partial charge is 0.219 e. The Balaban J connectivity index is 2.74. The molecule has 70 valence electrons. The minimum Gasteiger partial charge on any atom is -0.370 e. The van der Waals surface area contributed by atoms with Crippen molar-refractivity contribution >= 4 is 5.91 Å². The highest BCUT2D eigenvalue weighted by atomic mass is 16.1. The Kier molecular flexibility index (Phi) is 2.84. The maximum absolute atomic E-state index is 11.0. The number of rotatable bonds is 3. The van der Waals surface area contributed by atoms with E-state index in [2.05, 4.69) is 0 Å². The van der Waals surface area contributed by atoms with Crippen molar-refractivity contribution in [1.29, 1.82) is 0 Å². The maximum atomic E-state index is 11.0. The Bertz CT molecular complexity index is 368. The summed E-state index contributed by atoms with van der Waals surface area (Å²) in [5.74, 6) is -0.337. The molecule has 2 N–H and O–H groups in total. The van der Waals surface area contributed by atoms with Gasteiger partial charge in [-0.3, -0.25) is 9.59 Å². The molecule has 1 heterocycles. The molecular formula is C9H12N2O2. The number of primary amides is 1. The van der Waals surface area contributed by atoms with Crippen molar-refractivity contribution in [1.82, 2.24) is 4.57 Å². The number of aromatic nitrogens is 1. The molecule has 4 nitrogen and oxygen atoms in total. The van der Waals surface area contributed by atoms with Crippen molar-refractivity contribution in [2.75, 3.05) is 0 Å². The summed E-state index contributed by atoms with van der Waals surface area (Å²) >= 11 is 0. The van der Waals surface area contributed by atoms with Gasteiger partial charge in [-0.1, -0.05) is 0 Å². The van der Waals surface area contributed by atoms with Gasteiger partial charge in [0.25, 0.3) is 0 Å². The summed E-state index contributed by atoms with van der Waals surface area (Å²) < 4.78 is 1.78. The van der Waals surface area contributed by atoms with Crippen molar-refractivity contribution in [2.24, 2.45) is 5.73 Å². The van der Waals surface area contributed by atoms with E-state index < -0.39 is 0 Å². The molecule has 0 saturated carbocycles. The van der Waals surface area contributed by atoms with Crippen LogP contribution >= 0.6 is 0 Å². The molecule has 0 radical (unpaired) electrons. The normalized spacial score (nSPS) is 9.92. The third-order valence-corrected chi connectivity index (χ3v) is 1.78. The molecule has 0 aliphatic heterocycles. The Morgan fingerprint density at radius 2 is 2.31 bits per heavy atom. The predicted octanol–water partition coefficient (Wildman–Crippen LogP) is 0.0321. The largest absolute Gasteiger partial charge is 0.370 e. The van der Waals surface area contributed by atoms with Crippen molar-refractivity contribution in [2.45, 2.75) is 19.9 Å². The summed E-state index contributed by atoms with van der Waals surface area (Å²) in [6, 6.07) is 1.48. The molecule has 0 fully saturated rings. The predicted molar refractivity (Wildman–Crippen MR) is 49.3 cm³/mol. The lowest BCUT2D eigenvalue weighted by Crippen LogP contribution is -2.15. The number of nitrogens with two attached hydrogens (primary N) is 1. The zero-order chi connectivity index (χ0) is 9.84. The highest BCUT2D eigenvalue weighted by molar-refractivity contribution is 5.73. The van der Waals surface area contributed by atoms with E-state index in [4.69, 9.17) is 5.73 Å². The van der Waals surface area contributed by atoms with Gasteiger partial charge in [0.05, 0.1) is 0 Å². The van der Waals surface area contributed by atoms with Gasteiger partial charge in [-0.2, -0.15) is 0 Å². The van der Waals surface area contributed by atoms with E-state index in [1.54, 1.807) is 23.9 Å². The van der Waals surface area contributed by atoms with Crippen LogP contribution in [0.2, 0.25) is 0 Å². The van der Waals surface area contributed by atoms with Gasteiger partial charge >= 0.3 is 0 Å². The molecule has 0 aromatic carbocycles. The van der Waals surface area contributed by atoms with E-state index in [1.807, 2.05) is 0 Å². The summed E-state index contributed by atoms with van der Waals surface area (Å²) in [6.45, 7) is 2.26. The molecule has 13 heavy (non-hydrogen) atoms. The maximum Gasteiger partial charge on any atom is 0.219 e. The SMILES string of the molecule is Cc1cn(CCC(N)=O)ccc1=O. The minimum absolute atomic E-state index is 0.00956. The number of amides is 1. The van der Waals surface area contributed by atoms with Gasteiger partial charge in [-0.05, 0) is 6.92 Å². The third-order valence-electron chi connectivity index (χ3n) is 1.78. The molecule has 0 aliphatic rings. The topological polar surface area (TPSA) is 65.1 Å². The molecule has 4 heteroatoms. The summed E-state index contributed by atoms with van der Waals surface area (Å²) in [6.07, 6.45) is 3.66. The average Bonchev–Trinajstić information content (AvgIpc) is 2.07. The molecule has 0 spiro atoms. The van der Waals surface area contributed by atoms with Crippen LogP contribution in [0.4, 0.5) is 0 Å². The van der Waals surface area contributed by atoms with Gasteiger partial charge in [-0.25, -0.2) is 0 Å². The molecule has 0 unspecified atom stereocenters. The highest BCUT2D eigenvalue weighted by Crippen LogP contribution is 1.92. The molecule has 0 aliphatic carbocycles. The lowest BCUT2D eigenvalue weighted by molar-refractivity contribution is -0.118. The van der Waals surface area contributed by atoms with Crippen molar-refractivity contribution < 1.29 is 4.79 Å². The number of hydrogen-bond donors (Lipinski definition) is 1. The fraction of sp³-hybridized carbons (Fsp3) is 0.333. The van der Waals surface area contributed by atoms with E-state index in [0.29, 0.717) is 18.5 Å². The Labute approximate surface area is 76.0 Å². The molecule has 0 bridgehead atoms. The first kappa shape index (κ1) is 9.51. The molecule has 1 rings (SSSR count). The number of carbonyl (C=O) groups is 1. The van der Waals surface area contributed by atoms with Gasteiger partial charge in [-0.15, -0.1) is 0 Å². The zero-order valence-corrected chi connectivity index (χ0v) is 7.49. The van der Waals surface area contributed by atoms with E-state index in [-0.39, 0.29) is 11.3 Å². The Morgan fingerprint density at radius 3 is 2.85 bits per heavy atom. The molecule has 0 saturated heterocycles.